The number of carbonyl (C=O) groups is 3. The Morgan fingerprint density at radius 3 is 2.42 bits per heavy atom. The van der Waals surface area contributed by atoms with Gasteiger partial charge in [0.1, 0.15) is 0 Å². The molecule has 0 atom stereocenters. The van der Waals surface area contributed by atoms with Crippen LogP contribution in [0.15, 0.2) is 18.2 Å². The molecule has 19 heavy (non-hydrogen) atoms. The number of aromatic carboxylic acids is 1. The van der Waals surface area contributed by atoms with Crippen LogP contribution in [-0.2, 0) is 0 Å². The van der Waals surface area contributed by atoms with Crippen LogP contribution in [0.1, 0.15) is 31.1 Å². The predicted octanol–water partition coefficient (Wildman–Crippen LogP) is 0.542. The van der Waals surface area contributed by atoms with Crippen molar-refractivity contribution < 1.29 is 19.5 Å². The zero-order chi connectivity index (χ0) is 14.2. The Labute approximate surface area is 110 Å². The Morgan fingerprint density at radius 2 is 1.84 bits per heavy atom. The highest BCUT2D eigenvalue weighted by molar-refractivity contribution is 6.21. The van der Waals surface area contributed by atoms with Gasteiger partial charge in [0, 0.05) is 13.1 Å². The molecule has 1 aliphatic rings. The summed E-state index contributed by atoms with van der Waals surface area (Å²) >= 11 is 0. The van der Waals surface area contributed by atoms with Crippen molar-refractivity contribution in [2.45, 2.75) is 0 Å². The van der Waals surface area contributed by atoms with E-state index in [-0.39, 0.29) is 22.6 Å². The zero-order valence-corrected chi connectivity index (χ0v) is 10.7. The molecule has 0 aliphatic carbocycles. The summed E-state index contributed by atoms with van der Waals surface area (Å²) in [6.45, 7) is 0.860. The number of hydrogen-bond donors (Lipinski definition) is 1. The number of rotatable bonds is 4. The van der Waals surface area contributed by atoms with Crippen molar-refractivity contribution in [2.24, 2.45) is 0 Å². The van der Waals surface area contributed by atoms with E-state index in [0.717, 1.165) is 4.90 Å². The molecule has 0 saturated heterocycles. The molecule has 0 radical (unpaired) electrons. The van der Waals surface area contributed by atoms with E-state index in [2.05, 4.69) is 0 Å². The second kappa shape index (κ2) is 4.81. The number of nitrogens with zero attached hydrogens (tertiary/aromatic N) is 2. The molecule has 0 unspecified atom stereocenters. The van der Waals surface area contributed by atoms with Gasteiger partial charge in [0.05, 0.1) is 16.7 Å². The molecule has 1 aromatic carbocycles. The Kier molecular flexibility index (Phi) is 3.35. The zero-order valence-electron chi connectivity index (χ0n) is 10.7. The Hall–Kier alpha value is -2.21. The summed E-state index contributed by atoms with van der Waals surface area (Å²) in [5.41, 5.74) is 0.451. The lowest BCUT2D eigenvalue weighted by Gasteiger charge is -2.16. The molecule has 0 aromatic heterocycles. The van der Waals surface area contributed by atoms with Crippen LogP contribution in [0.2, 0.25) is 0 Å². The van der Waals surface area contributed by atoms with Gasteiger partial charge in [0.25, 0.3) is 11.8 Å². The standard InChI is InChI=1S/C13H14N2O4/c1-14(2)5-6-15-11(16)9-4-3-8(13(18)19)7-10(9)12(15)17/h3-4,7H,5-6H2,1-2H3,(H,18,19). The minimum absolute atomic E-state index is 0.00867. The van der Waals surface area contributed by atoms with Gasteiger partial charge in [-0.3, -0.25) is 14.5 Å². The molecular formula is C13H14N2O4. The van der Waals surface area contributed by atoms with Crippen molar-refractivity contribution in [3.05, 3.63) is 34.9 Å². The minimum atomic E-state index is -1.12. The summed E-state index contributed by atoms with van der Waals surface area (Å²) in [7, 11) is 3.70. The highest BCUT2D eigenvalue weighted by atomic mass is 16.4. The van der Waals surface area contributed by atoms with Crippen LogP contribution in [0.5, 0.6) is 0 Å². The summed E-state index contributed by atoms with van der Waals surface area (Å²) in [5, 5.41) is 8.89. The van der Waals surface area contributed by atoms with Crippen LogP contribution >= 0.6 is 0 Å². The molecule has 0 fully saturated rings. The predicted molar refractivity (Wildman–Crippen MR) is 67.3 cm³/mol. The Morgan fingerprint density at radius 1 is 1.21 bits per heavy atom. The van der Waals surface area contributed by atoms with Gasteiger partial charge in [-0.1, -0.05) is 0 Å². The number of benzene rings is 1. The fourth-order valence-corrected chi connectivity index (χ4v) is 1.93. The lowest BCUT2D eigenvalue weighted by atomic mass is 10.1. The first-order chi connectivity index (χ1) is 8.91. The molecule has 6 heteroatoms. The number of carboxylic acid groups (broad SMARTS) is 1. The Bertz CT molecular complexity index is 566. The van der Waals surface area contributed by atoms with Crippen molar-refractivity contribution in [3.63, 3.8) is 0 Å². The molecule has 6 nitrogen and oxygen atoms in total. The quantitative estimate of drug-likeness (QED) is 0.801. The second-order valence-corrected chi connectivity index (χ2v) is 4.63. The Balaban J connectivity index is 2.31. The third-order valence-corrected chi connectivity index (χ3v) is 2.99. The van der Waals surface area contributed by atoms with Gasteiger partial charge in [-0.2, -0.15) is 0 Å². The van der Waals surface area contributed by atoms with Crippen molar-refractivity contribution >= 4 is 17.8 Å². The maximum Gasteiger partial charge on any atom is 0.335 e. The summed E-state index contributed by atoms with van der Waals surface area (Å²) in [6, 6.07) is 3.99. The number of imide groups is 1. The van der Waals surface area contributed by atoms with Gasteiger partial charge < -0.3 is 10.0 Å². The normalized spacial score (nSPS) is 14.2. The SMILES string of the molecule is CN(C)CCN1C(=O)c2ccc(C(=O)O)cc2C1=O. The molecule has 100 valence electrons. The summed E-state index contributed by atoms with van der Waals surface area (Å²) < 4.78 is 0. The maximum atomic E-state index is 12.1. The third kappa shape index (κ3) is 2.34. The van der Waals surface area contributed by atoms with E-state index in [9.17, 15) is 14.4 Å². The molecule has 0 saturated carbocycles. The maximum absolute atomic E-state index is 12.1. The van der Waals surface area contributed by atoms with E-state index in [1.54, 1.807) is 0 Å². The lowest BCUT2D eigenvalue weighted by molar-refractivity contribution is 0.0643. The smallest absolute Gasteiger partial charge is 0.335 e. The van der Waals surface area contributed by atoms with Crippen LogP contribution in [-0.4, -0.2) is 59.9 Å². The van der Waals surface area contributed by atoms with E-state index in [1.165, 1.54) is 18.2 Å². The molecule has 0 bridgehead atoms. The average molecular weight is 262 g/mol. The van der Waals surface area contributed by atoms with Gasteiger partial charge in [-0.15, -0.1) is 0 Å². The van der Waals surface area contributed by atoms with Gasteiger partial charge in [-0.25, -0.2) is 4.79 Å². The number of likely N-dealkylation sites (N-methyl/N-ethyl adjacent to an activating group) is 1. The molecule has 1 N–H and O–H groups in total. The van der Waals surface area contributed by atoms with Gasteiger partial charge in [0.15, 0.2) is 0 Å². The second-order valence-electron chi connectivity index (χ2n) is 4.63. The summed E-state index contributed by atoms with van der Waals surface area (Å²) in [6.07, 6.45) is 0. The van der Waals surface area contributed by atoms with Crippen LogP contribution < -0.4 is 0 Å². The average Bonchev–Trinajstić information content (AvgIpc) is 2.59. The molecule has 1 aromatic rings. The molecular weight excluding hydrogens is 248 g/mol. The van der Waals surface area contributed by atoms with Crippen molar-refractivity contribution in [3.8, 4) is 0 Å². The van der Waals surface area contributed by atoms with E-state index < -0.39 is 11.9 Å². The third-order valence-electron chi connectivity index (χ3n) is 2.99. The van der Waals surface area contributed by atoms with Crippen LogP contribution in [0.4, 0.5) is 0 Å². The molecule has 1 aliphatic heterocycles. The van der Waals surface area contributed by atoms with Gasteiger partial charge in [-0.05, 0) is 32.3 Å². The van der Waals surface area contributed by atoms with Crippen molar-refractivity contribution in [1.29, 1.82) is 0 Å². The lowest BCUT2D eigenvalue weighted by Crippen LogP contribution is -2.35. The fraction of sp³-hybridized carbons (Fsp3) is 0.308. The highest BCUT2D eigenvalue weighted by Gasteiger charge is 2.35. The summed E-state index contributed by atoms with van der Waals surface area (Å²) in [4.78, 5) is 38.0. The highest BCUT2D eigenvalue weighted by Crippen LogP contribution is 2.23. The van der Waals surface area contributed by atoms with Crippen molar-refractivity contribution in [1.82, 2.24) is 9.80 Å². The number of fused-ring (bicyclic) bond motifs is 1. The first-order valence-electron chi connectivity index (χ1n) is 5.80. The van der Waals surface area contributed by atoms with Crippen LogP contribution in [0.25, 0.3) is 0 Å². The van der Waals surface area contributed by atoms with Crippen LogP contribution in [0, 0.1) is 0 Å². The van der Waals surface area contributed by atoms with E-state index >= 15 is 0 Å². The van der Waals surface area contributed by atoms with Crippen LogP contribution in [0.3, 0.4) is 0 Å². The first kappa shape index (κ1) is 13.2. The fourth-order valence-electron chi connectivity index (χ4n) is 1.93. The van der Waals surface area contributed by atoms with E-state index in [1.807, 2.05) is 19.0 Å². The van der Waals surface area contributed by atoms with Gasteiger partial charge >= 0.3 is 5.97 Å². The molecule has 2 amide bonds. The monoisotopic (exact) mass is 262 g/mol. The number of carboxylic acids is 1. The first-order valence-corrected chi connectivity index (χ1v) is 5.80. The largest absolute Gasteiger partial charge is 0.478 e. The van der Waals surface area contributed by atoms with Crippen molar-refractivity contribution in [2.75, 3.05) is 27.2 Å². The number of amides is 2. The van der Waals surface area contributed by atoms with E-state index in [0.29, 0.717) is 13.1 Å². The van der Waals surface area contributed by atoms with E-state index in [4.69, 9.17) is 5.11 Å². The number of hydrogen-bond acceptors (Lipinski definition) is 4. The topological polar surface area (TPSA) is 77.9 Å². The van der Waals surface area contributed by atoms with Gasteiger partial charge in [0.2, 0.25) is 0 Å². The molecule has 2 rings (SSSR count). The summed E-state index contributed by atoms with van der Waals surface area (Å²) in [5.74, 6) is -1.90. The molecule has 1 heterocycles. The molecule has 0 spiro atoms. The number of carbonyl (C=O) groups excluding carboxylic acids is 2. The minimum Gasteiger partial charge on any atom is -0.478 e.